The summed E-state index contributed by atoms with van der Waals surface area (Å²) in [6.45, 7) is 0.952. The number of ether oxygens (including phenoxy) is 1. The summed E-state index contributed by atoms with van der Waals surface area (Å²) < 4.78 is 19.4. The van der Waals surface area contributed by atoms with Crippen molar-refractivity contribution in [2.45, 2.75) is 32.0 Å². The molecule has 0 unspecified atom stereocenters. The van der Waals surface area contributed by atoms with Gasteiger partial charge in [0.2, 0.25) is 5.91 Å². The Morgan fingerprint density at radius 3 is 2.53 bits per heavy atom. The Labute approximate surface area is 186 Å². The van der Waals surface area contributed by atoms with Gasteiger partial charge in [0.25, 0.3) is 5.91 Å². The molecule has 1 saturated heterocycles. The van der Waals surface area contributed by atoms with E-state index < -0.39 is 0 Å². The van der Waals surface area contributed by atoms with E-state index in [1.165, 1.54) is 6.07 Å². The van der Waals surface area contributed by atoms with Gasteiger partial charge in [0, 0.05) is 49.1 Å². The highest BCUT2D eigenvalue weighted by Crippen LogP contribution is 2.19. The quantitative estimate of drug-likeness (QED) is 0.588. The second-order valence-electron chi connectivity index (χ2n) is 7.75. The van der Waals surface area contributed by atoms with E-state index in [0.29, 0.717) is 42.8 Å². The average molecular weight is 433 g/mol. The largest absolute Gasteiger partial charge is 0.489 e. The lowest BCUT2D eigenvalue weighted by Gasteiger charge is -2.26. The van der Waals surface area contributed by atoms with Crippen molar-refractivity contribution in [1.29, 1.82) is 0 Å². The third kappa shape index (κ3) is 5.49. The molecule has 0 radical (unpaired) electrons. The standard InChI is InChI=1S/C25H24FN3O3/c26-23-4-2-1-3-20(23)17-32-22-8-5-19(6-9-22)25(31)29(15-18-11-13-27-14-12-18)16-21-7-10-24(30)28-21/h1-6,8-9,11-14,21H,7,10,15-17H2,(H,28,30)/t21-/m0/s1. The second kappa shape index (κ2) is 10.0. The van der Waals surface area contributed by atoms with Crippen LogP contribution < -0.4 is 10.1 Å². The number of carbonyl (C=O) groups excluding carboxylic acids is 2. The molecule has 2 aromatic carbocycles. The maximum Gasteiger partial charge on any atom is 0.254 e. The molecular formula is C25H24FN3O3. The number of nitrogens with zero attached hydrogens (tertiary/aromatic N) is 2. The van der Waals surface area contributed by atoms with Crippen LogP contribution in [0.5, 0.6) is 5.75 Å². The fourth-order valence-electron chi connectivity index (χ4n) is 3.66. The molecule has 2 heterocycles. The zero-order valence-corrected chi connectivity index (χ0v) is 17.5. The number of carbonyl (C=O) groups is 2. The van der Waals surface area contributed by atoms with Gasteiger partial charge < -0.3 is 15.0 Å². The number of hydrogen-bond donors (Lipinski definition) is 1. The normalized spacial score (nSPS) is 15.3. The maximum atomic E-state index is 13.8. The second-order valence-corrected chi connectivity index (χ2v) is 7.75. The minimum Gasteiger partial charge on any atom is -0.489 e. The van der Waals surface area contributed by atoms with Gasteiger partial charge in [-0.25, -0.2) is 4.39 Å². The molecular weight excluding hydrogens is 409 g/mol. The molecule has 4 rings (SSSR count). The van der Waals surface area contributed by atoms with Crippen molar-refractivity contribution in [3.05, 3.63) is 95.6 Å². The molecule has 6 nitrogen and oxygen atoms in total. The van der Waals surface area contributed by atoms with Crippen molar-refractivity contribution in [1.82, 2.24) is 15.2 Å². The predicted molar refractivity (Wildman–Crippen MR) is 117 cm³/mol. The van der Waals surface area contributed by atoms with Gasteiger partial charge in [0.1, 0.15) is 18.2 Å². The number of hydrogen-bond acceptors (Lipinski definition) is 4. The van der Waals surface area contributed by atoms with Gasteiger partial charge >= 0.3 is 0 Å². The summed E-state index contributed by atoms with van der Waals surface area (Å²) in [6, 6.07) is 16.9. The summed E-state index contributed by atoms with van der Waals surface area (Å²) in [5, 5.41) is 2.93. The zero-order chi connectivity index (χ0) is 22.3. The Balaban J connectivity index is 1.44. The third-order valence-electron chi connectivity index (χ3n) is 5.39. The SMILES string of the molecule is O=C1CC[C@@H](CN(Cc2ccncc2)C(=O)c2ccc(OCc3ccccc3F)cc2)N1. The van der Waals surface area contributed by atoms with Crippen molar-refractivity contribution in [3.8, 4) is 5.75 Å². The van der Waals surface area contributed by atoms with E-state index in [4.69, 9.17) is 4.74 Å². The number of rotatable bonds is 8. The van der Waals surface area contributed by atoms with Gasteiger partial charge in [-0.15, -0.1) is 0 Å². The topological polar surface area (TPSA) is 71.5 Å². The van der Waals surface area contributed by atoms with Gasteiger partial charge in [-0.05, 0) is 54.4 Å². The lowest BCUT2D eigenvalue weighted by molar-refractivity contribution is -0.119. The monoisotopic (exact) mass is 433 g/mol. The van der Waals surface area contributed by atoms with Crippen molar-refractivity contribution in [2.24, 2.45) is 0 Å². The summed E-state index contributed by atoms with van der Waals surface area (Å²) in [5.74, 6) is 0.116. The minimum absolute atomic E-state index is 0.0164. The van der Waals surface area contributed by atoms with Gasteiger partial charge in [-0.2, -0.15) is 0 Å². The van der Waals surface area contributed by atoms with Crippen LogP contribution in [0.2, 0.25) is 0 Å². The Kier molecular flexibility index (Phi) is 6.75. The molecule has 0 aliphatic carbocycles. The van der Waals surface area contributed by atoms with E-state index in [9.17, 15) is 14.0 Å². The molecule has 164 valence electrons. The molecule has 0 bridgehead atoms. The first kappa shape index (κ1) is 21.5. The van der Waals surface area contributed by atoms with Crippen LogP contribution in [0.1, 0.15) is 34.3 Å². The van der Waals surface area contributed by atoms with Crippen LogP contribution >= 0.6 is 0 Å². The van der Waals surface area contributed by atoms with Crippen LogP contribution in [-0.2, 0) is 17.9 Å². The minimum atomic E-state index is -0.315. The van der Waals surface area contributed by atoms with Crippen LogP contribution in [0.3, 0.4) is 0 Å². The van der Waals surface area contributed by atoms with Crippen LogP contribution in [0.25, 0.3) is 0 Å². The number of benzene rings is 2. The van der Waals surface area contributed by atoms with E-state index in [-0.39, 0.29) is 30.3 Å². The van der Waals surface area contributed by atoms with Crippen LogP contribution in [0.15, 0.2) is 73.1 Å². The Hall–Kier alpha value is -3.74. The maximum absolute atomic E-state index is 13.8. The first-order valence-electron chi connectivity index (χ1n) is 10.5. The Morgan fingerprint density at radius 1 is 1.09 bits per heavy atom. The molecule has 2 amide bonds. The smallest absolute Gasteiger partial charge is 0.254 e. The van der Waals surface area contributed by atoms with E-state index in [0.717, 1.165) is 5.56 Å². The van der Waals surface area contributed by atoms with Gasteiger partial charge in [-0.1, -0.05) is 18.2 Å². The number of halogens is 1. The highest BCUT2D eigenvalue weighted by Gasteiger charge is 2.26. The number of amides is 2. The van der Waals surface area contributed by atoms with Gasteiger partial charge in [0.15, 0.2) is 0 Å². The Bertz CT molecular complexity index is 1070. The number of pyridine rings is 1. The van der Waals surface area contributed by atoms with E-state index in [1.807, 2.05) is 12.1 Å². The average Bonchev–Trinajstić information content (AvgIpc) is 3.23. The first-order chi connectivity index (χ1) is 15.6. The summed E-state index contributed by atoms with van der Waals surface area (Å²) >= 11 is 0. The summed E-state index contributed by atoms with van der Waals surface area (Å²) in [6.07, 6.45) is 4.58. The fourth-order valence-corrected chi connectivity index (χ4v) is 3.66. The highest BCUT2D eigenvalue weighted by atomic mass is 19.1. The lowest BCUT2D eigenvalue weighted by atomic mass is 10.1. The van der Waals surface area contributed by atoms with Crippen LogP contribution in [-0.4, -0.2) is 34.3 Å². The summed E-state index contributed by atoms with van der Waals surface area (Å²) in [4.78, 5) is 30.6. The van der Waals surface area contributed by atoms with Crippen molar-refractivity contribution >= 4 is 11.8 Å². The summed E-state index contributed by atoms with van der Waals surface area (Å²) in [5.41, 5.74) is 1.94. The lowest BCUT2D eigenvalue weighted by Crippen LogP contribution is -2.41. The molecule has 1 atom stereocenters. The zero-order valence-electron chi connectivity index (χ0n) is 17.5. The van der Waals surface area contributed by atoms with Crippen LogP contribution in [0, 0.1) is 5.82 Å². The number of aromatic nitrogens is 1. The predicted octanol–water partition coefficient (Wildman–Crippen LogP) is 3.72. The van der Waals surface area contributed by atoms with Gasteiger partial charge in [-0.3, -0.25) is 14.6 Å². The molecule has 1 fully saturated rings. The molecule has 7 heteroatoms. The first-order valence-corrected chi connectivity index (χ1v) is 10.5. The number of nitrogens with one attached hydrogen (secondary N) is 1. The highest BCUT2D eigenvalue weighted by molar-refractivity contribution is 5.94. The molecule has 3 aromatic rings. The van der Waals surface area contributed by atoms with Gasteiger partial charge in [0.05, 0.1) is 0 Å². The van der Waals surface area contributed by atoms with Crippen molar-refractivity contribution in [3.63, 3.8) is 0 Å². The molecule has 32 heavy (non-hydrogen) atoms. The summed E-state index contributed by atoms with van der Waals surface area (Å²) in [7, 11) is 0. The van der Waals surface area contributed by atoms with E-state index >= 15 is 0 Å². The van der Waals surface area contributed by atoms with Crippen molar-refractivity contribution in [2.75, 3.05) is 6.54 Å². The van der Waals surface area contributed by atoms with Crippen molar-refractivity contribution < 1.29 is 18.7 Å². The Morgan fingerprint density at radius 2 is 1.84 bits per heavy atom. The molecule has 1 aliphatic heterocycles. The molecule has 1 aliphatic rings. The molecule has 0 spiro atoms. The van der Waals surface area contributed by atoms with E-state index in [1.54, 1.807) is 59.8 Å². The third-order valence-corrected chi connectivity index (χ3v) is 5.39. The fraction of sp³-hybridized carbons (Fsp3) is 0.240. The molecule has 1 aromatic heterocycles. The van der Waals surface area contributed by atoms with Crippen LogP contribution in [0.4, 0.5) is 4.39 Å². The molecule has 1 N–H and O–H groups in total. The molecule has 0 saturated carbocycles. The van der Waals surface area contributed by atoms with E-state index in [2.05, 4.69) is 10.3 Å².